The molecule has 1 N–H and O–H groups in total. The number of pyridine rings is 1. The molecule has 0 amide bonds. The number of hydrogen-bond donors (Lipinski definition) is 1. The van der Waals surface area contributed by atoms with Crippen LogP contribution >= 0.6 is 0 Å². The first-order chi connectivity index (χ1) is 8.45. The highest BCUT2D eigenvalue weighted by atomic mass is 16.5. The van der Waals surface area contributed by atoms with Crippen LogP contribution in [0.25, 0.3) is 0 Å². The van der Waals surface area contributed by atoms with E-state index in [9.17, 15) is 0 Å². The Morgan fingerprint density at radius 2 is 1.76 bits per heavy atom. The zero-order valence-electron chi connectivity index (χ0n) is 9.67. The molecule has 0 spiro atoms. The molecular formula is C14H16N2O. The minimum absolute atomic E-state index is 0.666. The van der Waals surface area contributed by atoms with Gasteiger partial charge in [0.15, 0.2) is 0 Å². The molecule has 0 aliphatic carbocycles. The minimum atomic E-state index is 0.666. The number of anilines is 1. The Morgan fingerprint density at radius 1 is 1.00 bits per heavy atom. The Morgan fingerprint density at radius 3 is 2.53 bits per heavy atom. The number of nitrogens with one attached hydrogen (secondary N) is 1. The fourth-order valence-electron chi connectivity index (χ4n) is 1.50. The average Bonchev–Trinajstić information content (AvgIpc) is 2.41. The lowest BCUT2D eigenvalue weighted by molar-refractivity contribution is 0.130. The van der Waals surface area contributed by atoms with Crippen LogP contribution in [0.2, 0.25) is 0 Å². The molecule has 1 heterocycles. The molecule has 0 aliphatic heterocycles. The fraction of sp³-hybridized carbons (Fsp3) is 0.214. The predicted molar refractivity (Wildman–Crippen MR) is 68.8 cm³/mol. The standard InChI is InChI=1S/C14H16N2O/c1-2-4-13(5-3-1)12-17-11-10-16-14-6-8-15-9-7-14/h1-9H,10-12H2,(H,15,16). The second-order valence-electron chi connectivity index (χ2n) is 3.70. The molecule has 0 aliphatic rings. The molecule has 0 saturated heterocycles. The molecule has 1 aromatic heterocycles. The predicted octanol–water partition coefficient (Wildman–Crippen LogP) is 2.71. The van der Waals surface area contributed by atoms with Crippen molar-refractivity contribution >= 4 is 5.69 Å². The number of hydrogen-bond acceptors (Lipinski definition) is 3. The monoisotopic (exact) mass is 228 g/mol. The largest absolute Gasteiger partial charge is 0.383 e. The van der Waals surface area contributed by atoms with E-state index in [1.54, 1.807) is 12.4 Å². The maximum absolute atomic E-state index is 5.56. The smallest absolute Gasteiger partial charge is 0.0717 e. The molecule has 2 rings (SSSR count). The zero-order chi connectivity index (χ0) is 11.8. The third-order valence-corrected chi connectivity index (χ3v) is 2.37. The van der Waals surface area contributed by atoms with Gasteiger partial charge < -0.3 is 10.1 Å². The highest BCUT2D eigenvalue weighted by molar-refractivity contribution is 5.40. The van der Waals surface area contributed by atoms with Crippen LogP contribution < -0.4 is 5.32 Å². The Bertz CT molecular complexity index is 375. The van der Waals surface area contributed by atoms with Gasteiger partial charge in [0.2, 0.25) is 0 Å². The van der Waals surface area contributed by atoms with Gasteiger partial charge in [-0.05, 0) is 17.7 Å². The van der Waals surface area contributed by atoms with Gasteiger partial charge in [0.05, 0.1) is 13.2 Å². The van der Waals surface area contributed by atoms with Crippen LogP contribution in [0.5, 0.6) is 0 Å². The second-order valence-corrected chi connectivity index (χ2v) is 3.70. The Labute approximate surface area is 101 Å². The van der Waals surface area contributed by atoms with E-state index >= 15 is 0 Å². The van der Waals surface area contributed by atoms with Gasteiger partial charge in [-0.2, -0.15) is 0 Å². The first-order valence-corrected chi connectivity index (χ1v) is 5.71. The summed E-state index contributed by atoms with van der Waals surface area (Å²) in [4.78, 5) is 3.96. The number of nitrogens with zero attached hydrogens (tertiary/aromatic N) is 1. The normalized spacial score (nSPS) is 10.1. The topological polar surface area (TPSA) is 34.1 Å². The van der Waals surface area contributed by atoms with E-state index < -0.39 is 0 Å². The maximum atomic E-state index is 5.56. The van der Waals surface area contributed by atoms with Crippen molar-refractivity contribution in [2.24, 2.45) is 0 Å². The van der Waals surface area contributed by atoms with E-state index in [1.165, 1.54) is 5.56 Å². The molecule has 1 aromatic carbocycles. The van der Waals surface area contributed by atoms with Crippen molar-refractivity contribution in [3.8, 4) is 0 Å². The van der Waals surface area contributed by atoms with Crippen LogP contribution in [0.15, 0.2) is 54.9 Å². The van der Waals surface area contributed by atoms with Gasteiger partial charge in [-0.25, -0.2) is 0 Å². The lowest BCUT2D eigenvalue weighted by atomic mass is 10.2. The van der Waals surface area contributed by atoms with Crippen molar-refractivity contribution in [2.45, 2.75) is 6.61 Å². The lowest BCUT2D eigenvalue weighted by Crippen LogP contribution is -2.09. The lowest BCUT2D eigenvalue weighted by Gasteiger charge is -2.07. The highest BCUT2D eigenvalue weighted by Crippen LogP contribution is 2.03. The summed E-state index contributed by atoms with van der Waals surface area (Å²) in [6, 6.07) is 14.1. The number of rotatable bonds is 6. The molecule has 3 nitrogen and oxygen atoms in total. The third kappa shape index (κ3) is 4.25. The molecule has 0 unspecified atom stereocenters. The van der Waals surface area contributed by atoms with Gasteiger partial charge in [0, 0.05) is 24.6 Å². The van der Waals surface area contributed by atoms with E-state index in [2.05, 4.69) is 22.4 Å². The molecule has 0 radical (unpaired) electrons. The first kappa shape index (κ1) is 11.6. The van der Waals surface area contributed by atoms with E-state index in [0.29, 0.717) is 13.2 Å². The van der Waals surface area contributed by atoms with Gasteiger partial charge >= 0.3 is 0 Å². The van der Waals surface area contributed by atoms with Crippen LogP contribution in [0.1, 0.15) is 5.56 Å². The highest BCUT2D eigenvalue weighted by Gasteiger charge is 1.92. The van der Waals surface area contributed by atoms with Gasteiger partial charge in [0.1, 0.15) is 0 Å². The van der Waals surface area contributed by atoms with Crippen LogP contribution in [-0.4, -0.2) is 18.1 Å². The Hall–Kier alpha value is -1.87. The summed E-state index contributed by atoms with van der Waals surface area (Å²) in [6.07, 6.45) is 3.54. The van der Waals surface area contributed by atoms with Crippen LogP contribution in [-0.2, 0) is 11.3 Å². The number of benzene rings is 1. The minimum Gasteiger partial charge on any atom is -0.383 e. The van der Waals surface area contributed by atoms with E-state index in [4.69, 9.17) is 4.74 Å². The quantitative estimate of drug-likeness (QED) is 0.772. The summed E-state index contributed by atoms with van der Waals surface area (Å²) < 4.78 is 5.56. The summed E-state index contributed by atoms with van der Waals surface area (Å²) in [5.41, 5.74) is 2.28. The molecule has 0 saturated carbocycles. The van der Waals surface area contributed by atoms with Crippen LogP contribution in [0.4, 0.5) is 5.69 Å². The molecular weight excluding hydrogens is 212 g/mol. The van der Waals surface area contributed by atoms with E-state index in [0.717, 1.165) is 12.2 Å². The van der Waals surface area contributed by atoms with Crippen molar-refractivity contribution in [3.05, 3.63) is 60.4 Å². The first-order valence-electron chi connectivity index (χ1n) is 5.71. The summed E-state index contributed by atoms with van der Waals surface area (Å²) in [6.45, 7) is 2.16. The fourth-order valence-corrected chi connectivity index (χ4v) is 1.50. The van der Waals surface area contributed by atoms with Gasteiger partial charge in [0.25, 0.3) is 0 Å². The Balaban J connectivity index is 1.61. The van der Waals surface area contributed by atoms with E-state index in [1.807, 2.05) is 30.3 Å². The summed E-state index contributed by atoms with van der Waals surface area (Å²) in [5.74, 6) is 0. The van der Waals surface area contributed by atoms with Gasteiger partial charge in [-0.3, -0.25) is 4.98 Å². The van der Waals surface area contributed by atoms with Crippen molar-refractivity contribution in [2.75, 3.05) is 18.5 Å². The molecule has 0 fully saturated rings. The van der Waals surface area contributed by atoms with Crippen molar-refractivity contribution in [1.29, 1.82) is 0 Å². The molecule has 2 aromatic rings. The Kier molecular flexibility index (Phi) is 4.55. The molecule has 3 heteroatoms. The number of aromatic nitrogens is 1. The van der Waals surface area contributed by atoms with Crippen LogP contribution in [0.3, 0.4) is 0 Å². The molecule has 17 heavy (non-hydrogen) atoms. The molecule has 0 atom stereocenters. The van der Waals surface area contributed by atoms with Gasteiger partial charge in [-0.15, -0.1) is 0 Å². The SMILES string of the molecule is c1ccc(COCCNc2ccncc2)cc1. The van der Waals surface area contributed by atoms with Crippen molar-refractivity contribution in [3.63, 3.8) is 0 Å². The van der Waals surface area contributed by atoms with Crippen LogP contribution in [0, 0.1) is 0 Å². The third-order valence-electron chi connectivity index (χ3n) is 2.37. The van der Waals surface area contributed by atoms with Gasteiger partial charge in [-0.1, -0.05) is 30.3 Å². The number of ether oxygens (including phenoxy) is 1. The second kappa shape index (κ2) is 6.66. The summed E-state index contributed by atoms with van der Waals surface area (Å²) >= 11 is 0. The summed E-state index contributed by atoms with van der Waals surface area (Å²) in [7, 11) is 0. The maximum Gasteiger partial charge on any atom is 0.0717 e. The van der Waals surface area contributed by atoms with E-state index in [-0.39, 0.29) is 0 Å². The van der Waals surface area contributed by atoms with Crippen molar-refractivity contribution in [1.82, 2.24) is 4.98 Å². The molecule has 88 valence electrons. The summed E-state index contributed by atoms with van der Waals surface area (Å²) in [5, 5.41) is 3.27. The van der Waals surface area contributed by atoms with Crippen molar-refractivity contribution < 1.29 is 4.74 Å². The average molecular weight is 228 g/mol. The molecule has 0 bridgehead atoms. The zero-order valence-corrected chi connectivity index (χ0v) is 9.67.